The van der Waals surface area contributed by atoms with Crippen LogP contribution in [0.2, 0.25) is 0 Å². The molecule has 0 spiro atoms. The van der Waals surface area contributed by atoms with Crippen LogP contribution in [0.1, 0.15) is 32.5 Å². The summed E-state index contributed by atoms with van der Waals surface area (Å²) in [5.41, 5.74) is 0. The number of nitrogens with zero attached hydrogens (tertiary/aromatic N) is 2. The number of aliphatic hydroxyl groups is 1. The van der Waals surface area contributed by atoms with Gasteiger partial charge in [-0.3, -0.25) is 0 Å². The maximum atomic E-state index is 9.18. The third-order valence-corrected chi connectivity index (χ3v) is 1.73. The van der Waals surface area contributed by atoms with Crippen LogP contribution in [0.25, 0.3) is 0 Å². The van der Waals surface area contributed by atoms with Crippen molar-refractivity contribution in [1.29, 1.82) is 0 Å². The zero-order valence-electron chi connectivity index (χ0n) is 7.86. The summed E-state index contributed by atoms with van der Waals surface area (Å²) in [7, 11) is 0. The van der Waals surface area contributed by atoms with Gasteiger partial charge in [-0.05, 0) is 6.92 Å². The highest BCUT2D eigenvalue weighted by molar-refractivity contribution is 4.97. The summed E-state index contributed by atoms with van der Waals surface area (Å²) in [6.45, 7) is 6.61. The van der Waals surface area contributed by atoms with Gasteiger partial charge in [0.1, 0.15) is 5.82 Å². The standard InChI is InChI=1S/C9H16N2O/c1-7(2)9-10-4-5-11(9)6-8(3)12/h4-5,7-8,12H,6H2,1-3H3/t8-/m0/s1. The van der Waals surface area contributed by atoms with E-state index in [1.54, 1.807) is 13.1 Å². The van der Waals surface area contributed by atoms with Crippen molar-refractivity contribution in [3.8, 4) is 0 Å². The van der Waals surface area contributed by atoms with E-state index in [0.29, 0.717) is 12.5 Å². The molecule has 1 rings (SSSR count). The van der Waals surface area contributed by atoms with Crippen molar-refractivity contribution in [3.63, 3.8) is 0 Å². The van der Waals surface area contributed by atoms with Crippen molar-refractivity contribution in [2.75, 3.05) is 0 Å². The van der Waals surface area contributed by atoms with E-state index in [1.807, 2.05) is 10.8 Å². The molecule has 0 fully saturated rings. The van der Waals surface area contributed by atoms with Gasteiger partial charge in [0.2, 0.25) is 0 Å². The lowest BCUT2D eigenvalue weighted by Crippen LogP contribution is -2.14. The molecule has 12 heavy (non-hydrogen) atoms. The molecule has 1 N–H and O–H groups in total. The van der Waals surface area contributed by atoms with Crippen LogP contribution in [0, 0.1) is 0 Å². The number of aromatic nitrogens is 2. The highest BCUT2D eigenvalue weighted by atomic mass is 16.3. The second-order valence-corrected chi connectivity index (χ2v) is 3.44. The normalized spacial score (nSPS) is 13.8. The highest BCUT2D eigenvalue weighted by Gasteiger charge is 2.07. The summed E-state index contributed by atoms with van der Waals surface area (Å²) >= 11 is 0. The topological polar surface area (TPSA) is 38.0 Å². The second kappa shape index (κ2) is 3.72. The first-order chi connectivity index (χ1) is 5.61. The third-order valence-electron chi connectivity index (χ3n) is 1.73. The molecule has 0 bridgehead atoms. The molecule has 0 aliphatic heterocycles. The lowest BCUT2D eigenvalue weighted by molar-refractivity contribution is 0.172. The van der Waals surface area contributed by atoms with Crippen LogP contribution >= 0.6 is 0 Å². The molecule has 3 nitrogen and oxygen atoms in total. The first-order valence-corrected chi connectivity index (χ1v) is 4.30. The van der Waals surface area contributed by atoms with E-state index in [4.69, 9.17) is 0 Å². The zero-order chi connectivity index (χ0) is 9.14. The summed E-state index contributed by atoms with van der Waals surface area (Å²) in [6, 6.07) is 0. The lowest BCUT2D eigenvalue weighted by Gasteiger charge is -2.11. The summed E-state index contributed by atoms with van der Waals surface area (Å²) in [6.07, 6.45) is 3.37. The number of rotatable bonds is 3. The molecule has 1 aromatic heterocycles. The van der Waals surface area contributed by atoms with Gasteiger partial charge in [0.05, 0.1) is 6.10 Å². The van der Waals surface area contributed by atoms with Crippen LogP contribution in [0.5, 0.6) is 0 Å². The molecule has 0 saturated heterocycles. The predicted octanol–water partition coefficient (Wildman–Crippen LogP) is 1.39. The fourth-order valence-electron chi connectivity index (χ4n) is 1.26. The molecule has 0 radical (unpaired) electrons. The van der Waals surface area contributed by atoms with E-state index in [1.165, 1.54) is 0 Å². The second-order valence-electron chi connectivity index (χ2n) is 3.44. The van der Waals surface area contributed by atoms with E-state index in [9.17, 15) is 5.11 Å². The highest BCUT2D eigenvalue weighted by Crippen LogP contribution is 2.11. The first-order valence-electron chi connectivity index (χ1n) is 4.30. The molecular weight excluding hydrogens is 152 g/mol. The maximum Gasteiger partial charge on any atom is 0.111 e. The van der Waals surface area contributed by atoms with Gasteiger partial charge in [0.25, 0.3) is 0 Å². The van der Waals surface area contributed by atoms with Crippen molar-refractivity contribution >= 4 is 0 Å². The zero-order valence-corrected chi connectivity index (χ0v) is 7.86. The maximum absolute atomic E-state index is 9.18. The van der Waals surface area contributed by atoms with Gasteiger partial charge < -0.3 is 9.67 Å². The Bertz CT molecular complexity index is 240. The third kappa shape index (κ3) is 2.08. The van der Waals surface area contributed by atoms with Crippen LogP contribution in [-0.2, 0) is 6.54 Å². The lowest BCUT2D eigenvalue weighted by atomic mass is 10.2. The molecule has 0 unspecified atom stereocenters. The van der Waals surface area contributed by atoms with Gasteiger partial charge in [-0.2, -0.15) is 0 Å². The largest absolute Gasteiger partial charge is 0.392 e. The Morgan fingerprint density at radius 1 is 1.50 bits per heavy atom. The molecule has 0 aromatic carbocycles. The van der Waals surface area contributed by atoms with Crippen LogP contribution in [0.15, 0.2) is 12.4 Å². The Morgan fingerprint density at radius 2 is 2.17 bits per heavy atom. The molecule has 0 aliphatic carbocycles. The molecular formula is C9H16N2O. The van der Waals surface area contributed by atoms with Gasteiger partial charge in [-0.15, -0.1) is 0 Å². The van der Waals surface area contributed by atoms with Gasteiger partial charge in [-0.1, -0.05) is 13.8 Å². The molecule has 1 aromatic rings. The average Bonchev–Trinajstić information content (AvgIpc) is 2.33. The SMILES string of the molecule is CC(C)c1nccn1C[C@H](C)O. The molecule has 0 saturated carbocycles. The van der Waals surface area contributed by atoms with E-state index >= 15 is 0 Å². The van der Waals surface area contributed by atoms with E-state index in [2.05, 4.69) is 18.8 Å². The minimum Gasteiger partial charge on any atom is -0.392 e. The summed E-state index contributed by atoms with van der Waals surface area (Å²) in [4.78, 5) is 4.22. The molecule has 3 heteroatoms. The Labute approximate surface area is 73.1 Å². The van der Waals surface area contributed by atoms with Crippen molar-refractivity contribution in [2.45, 2.75) is 39.3 Å². The van der Waals surface area contributed by atoms with Gasteiger partial charge >= 0.3 is 0 Å². The van der Waals surface area contributed by atoms with E-state index in [0.717, 1.165) is 5.82 Å². The van der Waals surface area contributed by atoms with Crippen LogP contribution < -0.4 is 0 Å². The Morgan fingerprint density at radius 3 is 2.67 bits per heavy atom. The minimum atomic E-state index is -0.309. The number of aliphatic hydroxyl groups excluding tert-OH is 1. The quantitative estimate of drug-likeness (QED) is 0.740. The van der Waals surface area contributed by atoms with Crippen LogP contribution in [-0.4, -0.2) is 20.8 Å². The van der Waals surface area contributed by atoms with E-state index < -0.39 is 0 Å². The van der Waals surface area contributed by atoms with Crippen LogP contribution in [0.4, 0.5) is 0 Å². The number of imidazole rings is 1. The van der Waals surface area contributed by atoms with Crippen molar-refractivity contribution in [2.24, 2.45) is 0 Å². The summed E-state index contributed by atoms with van der Waals surface area (Å²) in [5.74, 6) is 1.45. The average molecular weight is 168 g/mol. The van der Waals surface area contributed by atoms with Gasteiger partial charge in [0, 0.05) is 24.9 Å². The molecule has 0 aliphatic rings. The number of hydrogen-bond donors (Lipinski definition) is 1. The smallest absolute Gasteiger partial charge is 0.111 e. The van der Waals surface area contributed by atoms with Crippen molar-refractivity contribution in [1.82, 2.24) is 9.55 Å². The van der Waals surface area contributed by atoms with E-state index in [-0.39, 0.29) is 6.10 Å². The van der Waals surface area contributed by atoms with Crippen molar-refractivity contribution < 1.29 is 5.11 Å². The fraction of sp³-hybridized carbons (Fsp3) is 0.667. The van der Waals surface area contributed by atoms with Gasteiger partial charge in [-0.25, -0.2) is 4.98 Å². The Hall–Kier alpha value is -0.830. The molecule has 1 heterocycles. The first kappa shape index (κ1) is 9.26. The summed E-state index contributed by atoms with van der Waals surface area (Å²) < 4.78 is 2.00. The molecule has 68 valence electrons. The fourth-order valence-corrected chi connectivity index (χ4v) is 1.26. The summed E-state index contributed by atoms with van der Waals surface area (Å²) in [5, 5.41) is 9.18. The predicted molar refractivity (Wildman–Crippen MR) is 48.0 cm³/mol. The monoisotopic (exact) mass is 168 g/mol. The Kier molecular flexibility index (Phi) is 2.87. The number of hydrogen-bond acceptors (Lipinski definition) is 2. The van der Waals surface area contributed by atoms with Gasteiger partial charge in [0.15, 0.2) is 0 Å². The molecule has 1 atom stereocenters. The minimum absolute atomic E-state index is 0.309. The van der Waals surface area contributed by atoms with Crippen molar-refractivity contribution in [3.05, 3.63) is 18.2 Å². The van der Waals surface area contributed by atoms with Crippen LogP contribution in [0.3, 0.4) is 0 Å². The molecule has 0 amide bonds. The Balaban J connectivity index is 2.77.